The minimum absolute atomic E-state index is 0.115. The van der Waals surface area contributed by atoms with Crippen LogP contribution < -0.4 is 5.32 Å². The molecule has 1 saturated carbocycles. The molecule has 0 aromatic rings. The monoisotopic (exact) mass is 192 g/mol. The van der Waals surface area contributed by atoms with E-state index in [1.54, 1.807) is 0 Å². The number of nitriles is 1. The second-order valence-electron chi connectivity index (χ2n) is 3.99. The molecule has 1 fully saturated rings. The summed E-state index contributed by atoms with van der Waals surface area (Å²) in [6.45, 7) is 4.49. The van der Waals surface area contributed by atoms with Crippen LogP contribution >= 0.6 is 0 Å². The third kappa shape index (κ3) is 1.95. The lowest BCUT2D eigenvalue weighted by atomic mass is 9.63. The summed E-state index contributed by atoms with van der Waals surface area (Å²) in [7, 11) is 0. The number of nitrogens with zero attached hydrogens (tertiary/aromatic N) is 1. The number of nitrogens with one attached hydrogen (secondary N) is 1. The van der Waals surface area contributed by atoms with Gasteiger partial charge >= 0.3 is 0 Å². The van der Waals surface area contributed by atoms with Gasteiger partial charge in [0.05, 0.1) is 6.07 Å². The molecule has 76 valence electrons. The predicted octanol–water partition coefficient (Wildman–Crippen LogP) is 1.62. The first-order valence-corrected chi connectivity index (χ1v) is 4.95. The highest BCUT2D eigenvalue weighted by Gasteiger charge is 2.48. The maximum absolute atomic E-state index is 11.6. The SMILES string of the molecule is C/C=C/CNC(=O)C1(C#N)CC(C)C1. The Balaban J connectivity index is 2.47. The van der Waals surface area contributed by atoms with E-state index in [9.17, 15) is 4.79 Å². The summed E-state index contributed by atoms with van der Waals surface area (Å²) in [5.74, 6) is 0.387. The Morgan fingerprint density at radius 1 is 1.71 bits per heavy atom. The van der Waals surface area contributed by atoms with Crippen LogP contribution in [0.25, 0.3) is 0 Å². The van der Waals surface area contributed by atoms with Crippen LogP contribution in [0.2, 0.25) is 0 Å². The molecule has 0 aromatic heterocycles. The van der Waals surface area contributed by atoms with Crippen molar-refractivity contribution in [2.24, 2.45) is 11.3 Å². The zero-order valence-corrected chi connectivity index (χ0v) is 8.71. The molecular formula is C11H16N2O. The highest BCUT2D eigenvalue weighted by molar-refractivity contribution is 5.86. The summed E-state index contributed by atoms with van der Waals surface area (Å²) in [6, 6.07) is 2.14. The van der Waals surface area contributed by atoms with Crippen LogP contribution in [0.3, 0.4) is 0 Å². The second-order valence-corrected chi connectivity index (χ2v) is 3.99. The van der Waals surface area contributed by atoms with E-state index >= 15 is 0 Å². The summed E-state index contributed by atoms with van der Waals surface area (Å²) in [6.07, 6.45) is 5.14. The number of amides is 1. The molecule has 0 radical (unpaired) electrons. The van der Waals surface area contributed by atoms with Crippen LogP contribution in [0.4, 0.5) is 0 Å². The lowest BCUT2D eigenvalue weighted by Crippen LogP contribution is -2.48. The van der Waals surface area contributed by atoms with Gasteiger partial charge in [-0.25, -0.2) is 0 Å². The second kappa shape index (κ2) is 4.28. The third-order valence-electron chi connectivity index (χ3n) is 2.66. The Hall–Kier alpha value is -1.30. The molecule has 0 unspecified atom stereocenters. The van der Waals surface area contributed by atoms with Crippen molar-refractivity contribution in [2.75, 3.05) is 6.54 Å². The molecule has 0 spiro atoms. The standard InChI is InChI=1S/C11H16N2O/c1-3-4-5-13-10(14)11(8-12)6-9(2)7-11/h3-4,9H,5-7H2,1-2H3,(H,13,14)/b4-3+. The summed E-state index contributed by atoms with van der Waals surface area (Å²) in [4.78, 5) is 11.6. The van der Waals surface area contributed by atoms with Gasteiger partial charge in [-0.2, -0.15) is 5.26 Å². The number of allylic oxidation sites excluding steroid dienone is 1. The van der Waals surface area contributed by atoms with Crippen molar-refractivity contribution in [1.29, 1.82) is 5.26 Å². The molecule has 1 amide bonds. The number of hydrogen-bond donors (Lipinski definition) is 1. The molecule has 0 aliphatic heterocycles. The van der Waals surface area contributed by atoms with E-state index < -0.39 is 5.41 Å². The molecule has 14 heavy (non-hydrogen) atoms. The first-order valence-electron chi connectivity index (χ1n) is 4.95. The topological polar surface area (TPSA) is 52.9 Å². The molecule has 1 aliphatic carbocycles. The number of carbonyl (C=O) groups excluding carboxylic acids is 1. The maximum Gasteiger partial charge on any atom is 0.240 e. The van der Waals surface area contributed by atoms with Crippen LogP contribution in [0, 0.1) is 22.7 Å². The van der Waals surface area contributed by atoms with E-state index in [0.717, 1.165) is 0 Å². The fourth-order valence-corrected chi connectivity index (χ4v) is 1.90. The van der Waals surface area contributed by atoms with E-state index in [0.29, 0.717) is 25.3 Å². The van der Waals surface area contributed by atoms with E-state index in [-0.39, 0.29) is 5.91 Å². The van der Waals surface area contributed by atoms with Gasteiger partial charge in [0.25, 0.3) is 0 Å². The van der Waals surface area contributed by atoms with Crippen LogP contribution in [-0.4, -0.2) is 12.5 Å². The fourth-order valence-electron chi connectivity index (χ4n) is 1.90. The van der Waals surface area contributed by atoms with Crippen LogP contribution in [-0.2, 0) is 4.79 Å². The van der Waals surface area contributed by atoms with E-state index in [1.165, 1.54) is 0 Å². The van der Waals surface area contributed by atoms with E-state index in [1.807, 2.05) is 19.1 Å². The van der Waals surface area contributed by atoms with Crippen molar-refractivity contribution in [3.63, 3.8) is 0 Å². The minimum Gasteiger partial charge on any atom is -0.351 e. The van der Waals surface area contributed by atoms with E-state index in [4.69, 9.17) is 5.26 Å². The Kier molecular flexibility index (Phi) is 3.29. The summed E-state index contributed by atoms with van der Waals surface area (Å²) < 4.78 is 0. The van der Waals surface area contributed by atoms with Crippen molar-refractivity contribution in [2.45, 2.75) is 26.7 Å². The van der Waals surface area contributed by atoms with Gasteiger partial charge in [0.15, 0.2) is 0 Å². The first-order chi connectivity index (χ1) is 6.64. The van der Waals surface area contributed by atoms with E-state index in [2.05, 4.69) is 18.3 Å². The zero-order chi connectivity index (χ0) is 10.6. The highest BCUT2D eigenvalue weighted by atomic mass is 16.2. The summed E-state index contributed by atoms with van der Waals surface area (Å²) in [5, 5.41) is 11.7. The van der Waals surface area contributed by atoms with Crippen LogP contribution in [0.1, 0.15) is 26.7 Å². The van der Waals surface area contributed by atoms with Crippen LogP contribution in [0.5, 0.6) is 0 Å². The number of rotatable bonds is 3. The zero-order valence-electron chi connectivity index (χ0n) is 8.71. The Bertz CT molecular complexity index is 282. The molecule has 1 aliphatic rings. The van der Waals surface area contributed by atoms with Crippen molar-refractivity contribution in [3.8, 4) is 6.07 Å². The largest absolute Gasteiger partial charge is 0.351 e. The normalized spacial score (nSPS) is 30.8. The van der Waals surface area contributed by atoms with Gasteiger partial charge in [0.2, 0.25) is 5.91 Å². The van der Waals surface area contributed by atoms with Gasteiger partial charge in [-0.3, -0.25) is 4.79 Å². The molecular weight excluding hydrogens is 176 g/mol. The lowest BCUT2D eigenvalue weighted by molar-refractivity contribution is -0.133. The van der Waals surface area contributed by atoms with Crippen molar-refractivity contribution in [3.05, 3.63) is 12.2 Å². The molecule has 0 bridgehead atoms. The van der Waals surface area contributed by atoms with Gasteiger partial charge in [-0.1, -0.05) is 19.1 Å². The predicted molar refractivity (Wildman–Crippen MR) is 54.3 cm³/mol. The number of hydrogen-bond acceptors (Lipinski definition) is 2. The smallest absolute Gasteiger partial charge is 0.240 e. The quantitative estimate of drug-likeness (QED) is 0.691. The van der Waals surface area contributed by atoms with Crippen molar-refractivity contribution in [1.82, 2.24) is 5.32 Å². The molecule has 0 aromatic carbocycles. The van der Waals surface area contributed by atoms with Gasteiger partial charge in [0.1, 0.15) is 5.41 Å². The minimum atomic E-state index is -0.735. The lowest BCUT2D eigenvalue weighted by Gasteiger charge is -2.39. The average Bonchev–Trinajstić information content (AvgIpc) is 2.12. The maximum atomic E-state index is 11.6. The third-order valence-corrected chi connectivity index (χ3v) is 2.66. The van der Waals surface area contributed by atoms with Gasteiger partial charge in [0, 0.05) is 6.54 Å². The Labute approximate surface area is 84.8 Å². The Morgan fingerprint density at radius 2 is 2.36 bits per heavy atom. The average molecular weight is 192 g/mol. The first kappa shape index (κ1) is 10.8. The molecule has 0 atom stereocenters. The fraction of sp³-hybridized carbons (Fsp3) is 0.636. The molecule has 3 nitrogen and oxygen atoms in total. The summed E-state index contributed by atoms with van der Waals surface area (Å²) in [5.41, 5.74) is -0.735. The molecule has 0 saturated heterocycles. The molecule has 1 N–H and O–H groups in total. The summed E-state index contributed by atoms with van der Waals surface area (Å²) >= 11 is 0. The molecule has 1 rings (SSSR count). The van der Waals surface area contributed by atoms with Crippen molar-refractivity contribution >= 4 is 5.91 Å². The highest BCUT2D eigenvalue weighted by Crippen LogP contribution is 2.44. The number of carbonyl (C=O) groups is 1. The van der Waals surface area contributed by atoms with Gasteiger partial charge in [-0.05, 0) is 25.7 Å². The van der Waals surface area contributed by atoms with Gasteiger partial charge in [-0.15, -0.1) is 0 Å². The van der Waals surface area contributed by atoms with Gasteiger partial charge < -0.3 is 5.32 Å². The Morgan fingerprint density at radius 3 is 2.79 bits per heavy atom. The van der Waals surface area contributed by atoms with Crippen molar-refractivity contribution < 1.29 is 4.79 Å². The molecule has 3 heteroatoms. The molecule has 0 heterocycles. The van der Waals surface area contributed by atoms with Crippen LogP contribution in [0.15, 0.2) is 12.2 Å².